The van der Waals surface area contributed by atoms with E-state index in [1.54, 1.807) is 0 Å². The molecule has 124 valence electrons. The van der Waals surface area contributed by atoms with Gasteiger partial charge in [-0.15, -0.1) is 0 Å². The van der Waals surface area contributed by atoms with Crippen LogP contribution in [0.2, 0.25) is 0 Å². The van der Waals surface area contributed by atoms with E-state index in [-0.39, 0.29) is 18.6 Å². The largest absolute Gasteiger partial charge is 0.444 e. The van der Waals surface area contributed by atoms with Crippen molar-refractivity contribution in [1.82, 2.24) is 5.32 Å². The number of benzene rings is 2. The summed E-state index contributed by atoms with van der Waals surface area (Å²) < 4.78 is 5.22. The van der Waals surface area contributed by atoms with Crippen LogP contribution in [0.1, 0.15) is 36.1 Å². The van der Waals surface area contributed by atoms with Gasteiger partial charge in [-0.2, -0.15) is 0 Å². The van der Waals surface area contributed by atoms with Gasteiger partial charge in [-0.1, -0.05) is 36.4 Å². The summed E-state index contributed by atoms with van der Waals surface area (Å²) in [6.45, 7) is 1.76. The van der Waals surface area contributed by atoms with Crippen LogP contribution in [0, 0.1) is 0 Å². The Morgan fingerprint density at radius 1 is 1.17 bits per heavy atom. The molecule has 0 fully saturated rings. The molecule has 2 N–H and O–H groups in total. The minimum absolute atomic E-state index is 0.0282. The van der Waals surface area contributed by atoms with Gasteiger partial charge in [-0.3, -0.25) is 10.1 Å². The third-order valence-corrected chi connectivity index (χ3v) is 4.06. The van der Waals surface area contributed by atoms with E-state index in [0.29, 0.717) is 5.69 Å². The molecule has 0 bridgehead atoms. The molecule has 0 spiro atoms. The Kier molecular flexibility index (Phi) is 4.79. The van der Waals surface area contributed by atoms with Crippen molar-refractivity contribution in [2.24, 2.45) is 0 Å². The zero-order valence-corrected chi connectivity index (χ0v) is 13.5. The number of aryl methyl sites for hydroxylation is 1. The first kappa shape index (κ1) is 16.1. The van der Waals surface area contributed by atoms with Crippen molar-refractivity contribution in [3.63, 3.8) is 0 Å². The summed E-state index contributed by atoms with van der Waals surface area (Å²) in [6, 6.07) is 15.3. The molecule has 0 aromatic heterocycles. The number of carbonyl (C=O) groups excluding carboxylic acids is 2. The van der Waals surface area contributed by atoms with E-state index in [1.807, 2.05) is 48.5 Å². The number of rotatable bonds is 4. The molecule has 1 unspecified atom stereocenters. The lowest BCUT2D eigenvalue weighted by atomic mass is 10.1. The number of hydrogen-bond donors (Lipinski definition) is 2. The summed E-state index contributed by atoms with van der Waals surface area (Å²) in [5, 5.41) is 5.69. The van der Waals surface area contributed by atoms with E-state index in [4.69, 9.17) is 4.74 Å². The van der Waals surface area contributed by atoms with Crippen LogP contribution in [0.15, 0.2) is 48.5 Å². The number of anilines is 1. The molecule has 2 amide bonds. The van der Waals surface area contributed by atoms with E-state index in [1.165, 1.54) is 6.92 Å². The number of nitrogens with one attached hydrogen (secondary N) is 2. The van der Waals surface area contributed by atoms with Gasteiger partial charge >= 0.3 is 6.09 Å². The lowest BCUT2D eigenvalue weighted by molar-refractivity contribution is -0.119. The Bertz CT molecular complexity index is 744. The van der Waals surface area contributed by atoms with Gasteiger partial charge in [0.05, 0.1) is 6.04 Å². The second-order valence-electron chi connectivity index (χ2n) is 5.89. The molecule has 3 rings (SSSR count). The normalized spacial score (nSPS) is 15.5. The van der Waals surface area contributed by atoms with Crippen molar-refractivity contribution in [2.75, 3.05) is 5.32 Å². The molecule has 1 aliphatic carbocycles. The van der Waals surface area contributed by atoms with Crippen LogP contribution in [0.3, 0.4) is 0 Å². The third-order valence-electron chi connectivity index (χ3n) is 4.06. The summed E-state index contributed by atoms with van der Waals surface area (Å²) >= 11 is 0. The van der Waals surface area contributed by atoms with E-state index in [0.717, 1.165) is 29.5 Å². The Morgan fingerprint density at radius 3 is 2.71 bits per heavy atom. The lowest BCUT2D eigenvalue weighted by Gasteiger charge is -2.13. The SMILES string of the molecule is CC(=O)NC1CCc2cc(NC(=O)OCc3ccccc3)ccc21. The highest BCUT2D eigenvalue weighted by atomic mass is 16.5. The highest BCUT2D eigenvalue weighted by molar-refractivity contribution is 5.85. The molecule has 2 aromatic carbocycles. The summed E-state index contributed by atoms with van der Waals surface area (Å²) in [7, 11) is 0. The molecule has 1 aliphatic rings. The van der Waals surface area contributed by atoms with E-state index in [2.05, 4.69) is 10.6 Å². The molecule has 0 radical (unpaired) electrons. The maximum atomic E-state index is 11.9. The standard InChI is InChI=1S/C19H20N2O3/c1-13(22)20-18-10-7-15-11-16(8-9-17(15)18)21-19(23)24-12-14-5-3-2-4-6-14/h2-6,8-9,11,18H,7,10,12H2,1H3,(H,20,22)(H,21,23). The van der Waals surface area contributed by atoms with Crippen molar-refractivity contribution in [2.45, 2.75) is 32.4 Å². The van der Waals surface area contributed by atoms with Crippen LogP contribution in [0.25, 0.3) is 0 Å². The van der Waals surface area contributed by atoms with Gasteiger partial charge < -0.3 is 10.1 Å². The lowest BCUT2D eigenvalue weighted by Crippen LogP contribution is -2.24. The maximum Gasteiger partial charge on any atom is 0.411 e. The van der Waals surface area contributed by atoms with E-state index >= 15 is 0 Å². The van der Waals surface area contributed by atoms with Gasteiger partial charge in [-0.05, 0) is 41.7 Å². The molecule has 0 aliphatic heterocycles. The van der Waals surface area contributed by atoms with Crippen LogP contribution in [-0.4, -0.2) is 12.0 Å². The van der Waals surface area contributed by atoms with Crippen molar-refractivity contribution >= 4 is 17.7 Å². The molecule has 2 aromatic rings. The van der Waals surface area contributed by atoms with Crippen LogP contribution < -0.4 is 10.6 Å². The molecule has 5 heteroatoms. The van der Waals surface area contributed by atoms with Crippen molar-refractivity contribution < 1.29 is 14.3 Å². The maximum absolute atomic E-state index is 11.9. The van der Waals surface area contributed by atoms with Crippen LogP contribution in [0.4, 0.5) is 10.5 Å². The van der Waals surface area contributed by atoms with Gasteiger partial charge in [0.1, 0.15) is 6.61 Å². The average molecular weight is 324 g/mol. The monoisotopic (exact) mass is 324 g/mol. The fourth-order valence-electron chi connectivity index (χ4n) is 2.97. The highest BCUT2D eigenvalue weighted by Gasteiger charge is 2.23. The smallest absolute Gasteiger partial charge is 0.411 e. The molecular weight excluding hydrogens is 304 g/mol. The minimum Gasteiger partial charge on any atom is -0.444 e. The molecule has 5 nitrogen and oxygen atoms in total. The predicted molar refractivity (Wildman–Crippen MR) is 91.6 cm³/mol. The van der Waals surface area contributed by atoms with Gasteiger partial charge in [-0.25, -0.2) is 4.79 Å². The number of ether oxygens (including phenoxy) is 1. The summed E-state index contributed by atoms with van der Waals surface area (Å²) in [5.41, 5.74) is 3.91. The molecule has 0 saturated carbocycles. The third kappa shape index (κ3) is 3.93. The fraction of sp³-hybridized carbons (Fsp3) is 0.263. The molecule has 0 heterocycles. The number of amides is 2. The number of carbonyl (C=O) groups is 2. The molecular formula is C19H20N2O3. The predicted octanol–water partition coefficient (Wildman–Crippen LogP) is 3.56. The molecule has 24 heavy (non-hydrogen) atoms. The average Bonchev–Trinajstić information content (AvgIpc) is 2.95. The Balaban J connectivity index is 1.58. The Morgan fingerprint density at radius 2 is 1.96 bits per heavy atom. The zero-order chi connectivity index (χ0) is 16.9. The first-order valence-electron chi connectivity index (χ1n) is 7.99. The second-order valence-corrected chi connectivity index (χ2v) is 5.89. The van der Waals surface area contributed by atoms with Gasteiger partial charge in [0, 0.05) is 12.6 Å². The van der Waals surface area contributed by atoms with E-state index < -0.39 is 6.09 Å². The summed E-state index contributed by atoms with van der Waals surface area (Å²) in [6.07, 6.45) is 1.29. The first-order chi connectivity index (χ1) is 11.6. The van der Waals surface area contributed by atoms with Crippen molar-refractivity contribution in [3.8, 4) is 0 Å². The van der Waals surface area contributed by atoms with Gasteiger partial charge in [0.25, 0.3) is 0 Å². The topological polar surface area (TPSA) is 67.4 Å². The van der Waals surface area contributed by atoms with Crippen molar-refractivity contribution in [3.05, 3.63) is 65.2 Å². The number of fused-ring (bicyclic) bond motifs is 1. The highest BCUT2D eigenvalue weighted by Crippen LogP contribution is 2.32. The van der Waals surface area contributed by atoms with Crippen LogP contribution in [0.5, 0.6) is 0 Å². The van der Waals surface area contributed by atoms with Crippen molar-refractivity contribution in [1.29, 1.82) is 0 Å². The summed E-state index contributed by atoms with van der Waals surface area (Å²) in [4.78, 5) is 23.1. The zero-order valence-electron chi connectivity index (χ0n) is 13.5. The van der Waals surface area contributed by atoms with Crippen LogP contribution >= 0.6 is 0 Å². The van der Waals surface area contributed by atoms with Gasteiger partial charge in [0.2, 0.25) is 5.91 Å². The minimum atomic E-state index is -0.477. The molecule has 1 atom stereocenters. The molecule has 0 saturated heterocycles. The first-order valence-corrected chi connectivity index (χ1v) is 7.99. The van der Waals surface area contributed by atoms with Crippen LogP contribution in [-0.2, 0) is 22.6 Å². The Hall–Kier alpha value is -2.82. The van der Waals surface area contributed by atoms with E-state index in [9.17, 15) is 9.59 Å². The quantitative estimate of drug-likeness (QED) is 0.903. The van der Waals surface area contributed by atoms with Gasteiger partial charge in [0.15, 0.2) is 0 Å². The summed E-state index contributed by atoms with van der Waals surface area (Å²) in [5.74, 6) is -0.0282. The fourth-order valence-corrected chi connectivity index (χ4v) is 2.97. The second kappa shape index (κ2) is 7.17. The number of hydrogen-bond acceptors (Lipinski definition) is 3. The Labute approximate surface area is 141 Å².